The molecule has 2 fully saturated rings. The number of ether oxygens (including phenoxy) is 1. The molecule has 0 bridgehead atoms. The largest absolute Gasteiger partial charge is 0.378 e. The van der Waals surface area contributed by atoms with Gasteiger partial charge in [-0.15, -0.1) is 0 Å². The Kier molecular flexibility index (Phi) is 5.30. The van der Waals surface area contributed by atoms with E-state index in [9.17, 15) is 0 Å². The fourth-order valence-corrected chi connectivity index (χ4v) is 3.43. The van der Waals surface area contributed by atoms with Gasteiger partial charge < -0.3 is 10.1 Å². The molecule has 1 saturated heterocycles. The molecule has 4 unspecified atom stereocenters. The van der Waals surface area contributed by atoms with Crippen LogP contribution in [0, 0.1) is 11.8 Å². The van der Waals surface area contributed by atoms with Crippen molar-refractivity contribution in [3.8, 4) is 0 Å². The van der Waals surface area contributed by atoms with Crippen LogP contribution >= 0.6 is 0 Å². The van der Waals surface area contributed by atoms with Crippen molar-refractivity contribution in [2.75, 3.05) is 13.2 Å². The quantitative estimate of drug-likeness (QED) is 0.812. The van der Waals surface area contributed by atoms with Crippen molar-refractivity contribution >= 4 is 0 Å². The third-order valence-corrected chi connectivity index (χ3v) is 4.58. The Hall–Kier alpha value is -0.0800. The molecule has 2 heteroatoms. The van der Waals surface area contributed by atoms with E-state index in [4.69, 9.17) is 4.74 Å². The van der Waals surface area contributed by atoms with Gasteiger partial charge in [-0.1, -0.05) is 13.8 Å². The van der Waals surface area contributed by atoms with Crippen molar-refractivity contribution in [1.29, 1.82) is 0 Å². The van der Waals surface area contributed by atoms with Crippen molar-refractivity contribution in [3.63, 3.8) is 0 Å². The van der Waals surface area contributed by atoms with Crippen molar-refractivity contribution in [2.24, 2.45) is 11.8 Å². The Morgan fingerprint density at radius 3 is 2.71 bits per heavy atom. The lowest BCUT2D eigenvalue weighted by atomic mass is 9.80. The number of rotatable bonds is 4. The van der Waals surface area contributed by atoms with Gasteiger partial charge in [0.1, 0.15) is 0 Å². The predicted octanol–water partition coefficient (Wildman–Crippen LogP) is 3.36. The van der Waals surface area contributed by atoms with Gasteiger partial charge >= 0.3 is 0 Å². The first kappa shape index (κ1) is 13.4. The van der Waals surface area contributed by atoms with Crippen LogP contribution in [0.25, 0.3) is 0 Å². The molecule has 1 saturated carbocycles. The van der Waals surface area contributed by atoms with Crippen LogP contribution in [-0.4, -0.2) is 25.3 Å². The van der Waals surface area contributed by atoms with E-state index < -0.39 is 0 Å². The summed E-state index contributed by atoms with van der Waals surface area (Å²) in [6.45, 7) is 6.93. The van der Waals surface area contributed by atoms with Crippen LogP contribution in [-0.2, 0) is 4.74 Å². The molecule has 0 aromatic heterocycles. The average molecular weight is 239 g/mol. The Balaban J connectivity index is 1.61. The lowest BCUT2D eigenvalue weighted by Crippen LogP contribution is -2.40. The zero-order valence-electron chi connectivity index (χ0n) is 11.6. The van der Waals surface area contributed by atoms with Gasteiger partial charge in [0, 0.05) is 12.6 Å². The second-order valence-electron chi connectivity index (χ2n) is 6.23. The standard InChI is InChI=1S/C15H29NO/c1-12-6-7-15(13(2)11-12)16-9-8-14-5-3-4-10-17-14/h12-16H,3-11H2,1-2H3. The second-order valence-corrected chi connectivity index (χ2v) is 6.23. The molecule has 0 radical (unpaired) electrons. The van der Waals surface area contributed by atoms with E-state index in [2.05, 4.69) is 19.2 Å². The van der Waals surface area contributed by atoms with Gasteiger partial charge in [-0.3, -0.25) is 0 Å². The maximum Gasteiger partial charge on any atom is 0.0587 e. The average Bonchev–Trinajstić information content (AvgIpc) is 2.33. The van der Waals surface area contributed by atoms with Crippen LogP contribution in [0.15, 0.2) is 0 Å². The smallest absolute Gasteiger partial charge is 0.0587 e. The fourth-order valence-electron chi connectivity index (χ4n) is 3.43. The molecule has 1 heterocycles. The van der Waals surface area contributed by atoms with Crippen LogP contribution in [0.3, 0.4) is 0 Å². The summed E-state index contributed by atoms with van der Waals surface area (Å²) >= 11 is 0. The Bertz CT molecular complexity index is 213. The molecular weight excluding hydrogens is 210 g/mol. The lowest BCUT2D eigenvalue weighted by Gasteiger charge is -2.34. The number of hydrogen-bond acceptors (Lipinski definition) is 2. The van der Waals surface area contributed by atoms with Crippen molar-refractivity contribution in [1.82, 2.24) is 5.32 Å². The Labute approximate surface area is 107 Å². The van der Waals surface area contributed by atoms with Gasteiger partial charge in [0.25, 0.3) is 0 Å². The van der Waals surface area contributed by atoms with E-state index in [0.717, 1.165) is 31.0 Å². The van der Waals surface area contributed by atoms with Crippen LogP contribution in [0.1, 0.15) is 58.8 Å². The molecule has 4 atom stereocenters. The van der Waals surface area contributed by atoms with E-state index >= 15 is 0 Å². The molecule has 0 spiro atoms. The summed E-state index contributed by atoms with van der Waals surface area (Å²) in [7, 11) is 0. The van der Waals surface area contributed by atoms with Crippen LogP contribution < -0.4 is 5.32 Å². The van der Waals surface area contributed by atoms with Crippen molar-refractivity contribution in [2.45, 2.75) is 70.9 Å². The van der Waals surface area contributed by atoms with Gasteiger partial charge in [0.2, 0.25) is 0 Å². The minimum atomic E-state index is 0.536. The van der Waals surface area contributed by atoms with Crippen molar-refractivity contribution in [3.05, 3.63) is 0 Å². The van der Waals surface area contributed by atoms with Gasteiger partial charge in [-0.25, -0.2) is 0 Å². The third-order valence-electron chi connectivity index (χ3n) is 4.58. The van der Waals surface area contributed by atoms with Gasteiger partial charge in [-0.2, -0.15) is 0 Å². The minimum Gasteiger partial charge on any atom is -0.378 e. The third kappa shape index (κ3) is 4.26. The summed E-state index contributed by atoms with van der Waals surface area (Å²) in [5, 5.41) is 3.76. The highest BCUT2D eigenvalue weighted by molar-refractivity contribution is 4.81. The topological polar surface area (TPSA) is 21.3 Å². The Morgan fingerprint density at radius 1 is 1.12 bits per heavy atom. The summed E-state index contributed by atoms with van der Waals surface area (Å²) < 4.78 is 5.77. The summed E-state index contributed by atoms with van der Waals surface area (Å²) in [6, 6.07) is 0.759. The fraction of sp³-hybridized carbons (Fsp3) is 1.00. The SMILES string of the molecule is CC1CCC(NCCC2CCCCO2)C(C)C1. The molecule has 0 aromatic carbocycles. The summed E-state index contributed by atoms with van der Waals surface area (Å²) in [4.78, 5) is 0. The molecule has 2 aliphatic rings. The molecular formula is C15H29NO. The molecule has 0 amide bonds. The Morgan fingerprint density at radius 2 is 2.00 bits per heavy atom. The van der Waals surface area contributed by atoms with Crippen LogP contribution in [0.5, 0.6) is 0 Å². The van der Waals surface area contributed by atoms with E-state index in [1.807, 2.05) is 0 Å². The normalized spacial score (nSPS) is 39.2. The molecule has 2 nitrogen and oxygen atoms in total. The first-order chi connectivity index (χ1) is 8.25. The lowest BCUT2D eigenvalue weighted by molar-refractivity contribution is 0.0106. The summed E-state index contributed by atoms with van der Waals surface area (Å²) in [6.07, 6.45) is 9.82. The van der Waals surface area contributed by atoms with E-state index in [0.29, 0.717) is 6.10 Å². The van der Waals surface area contributed by atoms with Gasteiger partial charge in [0.05, 0.1) is 6.10 Å². The molecule has 1 aliphatic carbocycles. The second kappa shape index (κ2) is 6.75. The highest BCUT2D eigenvalue weighted by Gasteiger charge is 2.24. The van der Waals surface area contributed by atoms with E-state index in [-0.39, 0.29) is 0 Å². The summed E-state index contributed by atoms with van der Waals surface area (Å²) in [5.74, 6) is 1.79. The van der Waals surface area contributed by atoms with Crippen molar-refractivity contribution < 1.29 is 4.74 Å². The zero-order chi connectivity index (χ0) is 12.1. The molecule has 1 N–H and O–H groups in total. The molecule has 2 rings (SSSR count). The predicted molar refractivity (Wildman–Crippen MR) is 72.2 cm³/mol. The molecule has 100 valence electrons. The van der Waals surface area contributed by atoms with Crippen LogP contribution in [0.2, 0.25) is 0 Å². The minimum absolute atomic E-state index is 0.536. The first-order valence-electron chi connectivity index (χ1n) is 7.60. The highest BCUT2D eigenvalue weighted by atomic mass is 16.5. The van der Waals surface area contributed by atoms with Gasteiger partial charge in [0.15, 0.2) is 0 Å². The molecule has 1 aliphatic heterocycles. The zero-order valence-corrected chi connectivity index (χ0v) is 11.6. The van der Waals surface area contributed by atoms with Gasteiger partial charge in [-0.05, 0) is 63.3 Å². The summed E-state index contributed by atoms with van der Waals surface area (Å²) in [5.41, 5.74) is 0. The highest BCUT2D eigenvalue weighted by Crippen LogP contribution is 2.28. The number of hydrogen-bond donors (Lipinski definition) is 1. The molecule has 17 heavy (non-hydrogen) atoms. The van der Waals surface area contributed by atoms with E-state index in [1.165, 1.54) is 44.9 Å². The maximum atomic E-state index is 5.77. The van der Waals surface area contributed by atoms with E-state index in [1.54, 1.807) is 0 Å². The molecule has 0 aromatic rings. The monoisotopic (exact) mass is 239 g/mol. The maximum absolute atomic E-state index is 5.77. The van der Waals surface area contributed by atoms with Crippen LogP contribution in [0.4, 0.5) is 0 Å². The first-order valence-corrected chi connectivity index (χ1v) is 7.60. The number of nitrogens with one attached hydrogen (secondary N) is 1.